The summed E-state index contributed by atoms with van der Waals surface area (Å²) in [5, 5.41) is 3.05. The number of rotatable bonds is 7. The number of carbonyl (C=O) groups excluding carboxylic acids is 1. The van der Waals surface area contributed by atoms with E-state index in [-0.39, 0.29) is 18.4 Å². The third-order valence-electron chi connectivity index (χ3n) is 5.25. The molecule has 2 heterocycles. The Bertz CT molecular complexity index is 968. The fourth-order valence-electron chi connectivity index (χ4n) is 3.75. The summed E-state index contributed by atoms with van der Waals surface area (Å²) < 4.78 is 16.5. The number of hydrogen-bond acceptors (Lipinski definition) is 6. The molecular formula is C22H25N3O4. The van der Waals surface area contributed by atoms with Gasteiger partial charge in [-0.05, 0) is 42.7 Å². The van der Waals surface area contributed by atoms with Crippen molar-refractivity contribution in [3.8, 4) is 11.5 Å². The van der Waals surface area contributed by atoms with E-state index >= 15 is 0 Å². The Hall–Kier alpha value is -3.22. The zero-order valence-electron chi connectivity index (χ0n) is 16.7. The lowest BCUT2D eigenvalue weighted by Gasteiger charge is -2.23. The summed E-state index contributed by atoms with van der Waals surface area (Å²) in [5.41, 5.74) is 2.51. The molecule has 2 aromatic carbocycles. The van der Waals surface area contributed by atoms with Crippen molar-refractivity contribution in [2.75, 3.05) is 32.2 Å². The van der Waals surface area contributed by atoms with Crippen LogP contribution < -0.4 is 19.7 Å². The number of nitrogens with zero attached hydrogens (tertiary/aromatic N) is 2. The molecule has 1 amide bonds. The Kier molecular flexibility index (Phi) is 5.55. The Morgan fingerprint density at radius 2 is 2.03 bits per heavy atom. The van der Waals surface area contributed by atoms with E-state index in [9.17, 15) is 4.79 Å². The summed E-state index contributed by atoms with van der Waals surface area (Å²) >= 11 is 0. The molecule has 7 nitrogen and oxygen atoms in total. The highest BCUT2D eigenvalue weighted by Gasteiger charge is 2.28. The van der Waals surface area contributed by atoms with Crippen LogP contribution in [0.3, 0.4) is 0 Å². The predicted octanol–water partition coefficient (Wildman–Crippen LogP) is 3.17. The van der Waals surface area contributed by atoms with Gasteiger partial charge in [-0.1, -0.05) is 18.2 Å². The van der Waals surface area contributed by atoms with Gasteiger partial charge in [0.15, 0.2) is 17.1 Å². The second-order valence-electron chi connectivity index (χ2n) is 7.12. The first-order valence-electron chi connectivity index (χ1n) is 9.77. The maximum Gasteiger partial charge on any atom is 0.298 e. The number of nitrogens with one attached hydrogen (secondary N) is 1. The first kappa shape index (κ1) is 19.1. The molecule has 1 aliphatic rings. The van der Waals surface area contributed by atoms with Crippen molar-refractivity contribution in [3.63, 3.8) is 0 Å². The third-order valence-corrected chi connectivity index (χ3v) is 5.25. The van der Waals surface area contributed by atoms with Gasteiger partial charge in [-0.2, -0.15) is 4.98 Å². The summed E-state index contributed by atoms with van der Waals surface area (Å²) in [6.45, 7) is 1.44. The minimum Gasteiger partial charge on any atom is -0.493 e. The predicted molar refractivity (Wildman–Crippen MR) is 111 cm³/mol. The smallest absolute Gasteiger partial charge is 0.298 e. The number of methoxy groups -OCH3 is 2. The first-order chi connectivity index (χ1) is 14.2. The van der Waals surface area contributed by atoms with Gasteiger partial charge in [-0.3, -0.25) is 4.79 Å². The molecule has 152 valence electrons. The van der Waals surface area contributed by atoms with E-state index < -0.39 is 0 Å². The summed E-state index contributed by atoms with van der Waals surface area (Å²) in [7, 11) is 3.18. The summed E-state index contributed by atoms with van der Waals surface area (Å²) in [5.74, 6) is 1.24. The minimum absolute atomic E-state index is 0.0263. The maximum atomic E-state index is 12.5. The first-order valence-corrected chi connectivity index (χ1v) is 9.77. The van der Waals surface area contributed by atoms with Gasteiger partial charge >= 0.3 is 0 Å². The van der Waals surface area contributed by atoms with Gasteiger partial charge in [0.25, 0.3) is 6.01 Å². The van der Waals surface area contributed by atoms with Crippen molar-refractivity contribution < 1.29 is 18.7 Å². The SMILES string of the molecule is COc1ccc(CC(=O)NC[C@H]2CCCN2c2nc3ccccc3o2)cc1OC. The van der Waals surface area contributed by atoms with Crippen molar-refractivity contribution in [2.45, 2.75) is 25.3 Å². The average Bonchev–Trinajstić information content (AvgIpc) is 3.38. The van der Waals surface area contributed by atoms with E-state index in [1.54, 1.807) is 14.2 Å². The lowest BCUT2D eigenvalue weighted by Crippen LogP contribution is -2.40. The van der Waals surface area contributed by atoms with Gasteiger partial charge in [0.2, 0.25) is 5.91 Å². The van der Waals surface area contributed by atoms with Crippen LogP contribution in [0.4, 0.5) is 6.01 Å². The molecule has 1 fully saturated rings. The van der Waals surface area contributed by atoms with Crippen molar-refractivity contribution in [1.29, 1.82) is 0 Å². The second-order valence-corrected chi connectivity index (χ2v) is 7.12. The van der Waals surface area contributed by atoms with E-state index in [1.165, 1.54) is 0 Å². The van der Waals surface area contributed by atoms with Gasteiger partial charge in [-0.25, -0.2) is 0 Å². The lowest BCUT2D eigenvalue weighted by molar-refractivity contribution is -0.120. The molecule has 0 unspecified atom stereocenters. The number of benzene rings is 2. The number of carbonyl (C=O) groups is 1. The molecule has 1 aromatic heterocycles. The monoisotopic (exact) mass is 395 g/mol. The van der Waals surface area contributed by atoms with Crippen molar-refractivity contribution >= 4 is 23.0 Å². The molecule has 3 aromatic rings. The quantitative estimate of drug-likeness (QED) is 0.662. The standard InChI is InChI=1S/C22H25N3O4/c1-27-19-10-9-15(12-20(19)28-2)13-21(26)23-14-16-6-5-11-25(16)22-24-17-7-3-4-8-18(17)29-22/h3-4,7-10,12,16H,5-6,11,13-14H2,1-2H3,(H,23,26)/t16-/m1/s1. The number of oxazole rings is 1. The molecule has 0 radical (unpaired) electrons. The molecule has 1 saturated heterocycles. The summed E-state index contributed by atoms with van der Waals surface area (Å²) in [6, 6.07) is 14.1. The van der Waals surface area contributed by atoms with Gasteiger partial charge < -0.3 is 24.1 Å². The van der Waals surface area contributed by atoms with Crippen LogP contribution in [0.25, 0.3) is 11.1 Å². The molecule has 4 rings (SSSR count). The highest BCUT2D eigenvalue weighted by atomic mass is 16.5. The Morgan fingerprint density at radius 1 is 1.21 bits per heavy atom. The van der Waals surface area contributed by atoms with E-state index in [0.29, 0.717) is 24.1 Å². The zero-order chi connectivity index (χ0) is 20.2. The number of amides is 1. The fourth-order valence-corrected chi connectivity index (χ4v) is 3.75. The number of ether oxygens (including phenoxy) is 2. The van der Waals surface area contributed by atoms with E-state index in [1.807, 2.05) is 42.5 Å². The van der Waals surface area contributed by atoms with Gasteiger partial charge in [0.05, 0.1) is 26.7 Å². The minimum atomic E-state index is -0.0263. The van der Waals surface area contributed by atoms with Gasteiger partial charge in [-0.15, -0.1) is 0 Å². The van der Waals surface area contributed by atoms with Crippen LogP contribution in [0, 0.1) is 0 Å². The molecule has 1 atom stereocenters. The van der Waals surface area contributed by atoms with Crippen LogP contribution in [0.5, 0.6) is 11.5 Å². The topological polar surface area (TPSA) is 76.8 Å². The Morgan fingerprint density at radius 3 is 2.83 bits per heavy atom. The van der Waals surface area contributed by atoms with Crippen molar-refractivity contribution in [1.82, 2.24) is 10.3 Å². The molecule has 0 saturated carbocycles. The number of hydrogen-bond donors (Lipinski definition) is 1. The molecule has 7 heteroatoms. The lowest BCUT2D eigenvalue weighted by atomic mass is 10.1. The number of anilines is 1. The molecule has 0 bridgehead atoms. The van der Waals surface area contributed by atoms with Crippen LogP contribution >= 0.6 is 0 Å². The molecule has 1 N–H and O–H groups in total. The molecule has 1 aliphatic heterocycles. The molecule has 29 heavy (non-hydrogen) atoms. The van der Waals surface area contributed by atoms with E-state index in [4.69, 9.17) is 13.9 Å². The van der Waals surface area contributed by atoms with Crippen molar-refractivity contribution in [2.24, 2.45) is 0 Å². The average molecular weight is 395 g/mol. The second kappa shape index (κ2) is 8.43. The number of fused-ring (bicyclic) bond motifs is 1. The van der Waals surface area contributed by atoms with E-state index in [0.717, 1.165) is 36.0 Å². The normalized spacial score (nSPS) is 16.2. The number of aromatic nitrogens is 1. The van der Waals surface area contributed by atoms with Crippen LogP contribution in [-0.2, 0) is 11.2 Å². The largest absolute Gasteiger partial charge is 0.493 e. The molecular weight excluding hydrogens is 370 g/mol. The third kappa shape index (κ3) is 4.13. The maximum absolute atomic E-state index is 12.5. The summed E-state index contributed by atoms with van der Waals surface area (Å²) in [6.07, 6.45) is 2.33. The van der Waals surface area contributed by atoms with Crippen LogP contribution in [0.1, 0.15) is 18.4 Å². The molecule has 0 aliphatic carbocycles. The highest BCUT2D eigenvalue weighted by Crippen LogP contribution is 2.29. The van der Waals surface area contributed by atoms with Crippen LogP contribution in [-0.4, -0.2) is 44.2 Å². The van der Waals surface area contributed by atoms with Crippen LogP contribution in [0.2, 0.25) is 0 Å². The Labute approximate surface area is 169 Å². The van der Waals surface area contributed by atoms with Crippen molar-refractivity contribution in [3.05, 3.63) is 48.0 Å². The van der Waals surface area contributed by atoms with E-state index in [2.05, 4.69) is 15.2 Å². The van der Waals surface area contributed by atoms with Crippen LogP contribution in [0.15, 0.2) is 46.9 Å². The highest BCUT2D eigenvalue weighted by molar-refractivity contribution is 5.79. The Balaban J connectivity index is 1.37. The van der Waals surface area contributed by atoms with Gasteiger partial charge in [0, 0.05) is 13.1 Å². The zero-order valence-corrected chi connectivity index (χ0v) is 16.7. The fraction of sp³-hybridized carbons (Fsp3) is 0.364. The number of para-hydroxylation sites is 2. The summed E-state index contributed by atoms with van der Waals surface area (Å²) in [4.78, 5) is 19.2. The molecule has 0 spiro atoms. The van der Waals surface area contributed by atoms with Gasteiger partial charge in [0.1, 0.15) is 5.52 Å².